The summed E-state index contributed by atoms with van der Waals surface area (Å²) in [5.41, 5.74) is 1.27. The minimum absolute atomic E-state index is 0.0742. The van der Waals surface area contributed by atoms with E-state index in [1.165, 1.54) is 11.1 Å². The van der Waals surface area contributed by atoms with Crippen molar-refractivity contribution >= 4 is 14.1 Å². The highest BCUT2D eigenvalue weighted by Crippen LogP contribution is 2.76. The second kappa shape index (κ2) is 5.63. The van der Waals surface area contributed by atoms with Gasteiger partial charge in [0.25, 0.3) is 0 Å². The zero-order valence-corrected chi connectivity index (χ0v) is 19.6. The van der Waals surface area contributed by atoms with E-state index < -0.39 is 32.5 Å². The van der Waals surface area contributed by atoms with Crippen LogP contribution in [0.2, 0.25) is 19.6 Å². The third-order valence-electron chi connectivity index (χ3n) is 8.66. The molecular formula is C25H36O3Si. The summed E-state index contributed by atoms with van der Waals surface area (Å²) >= 11 is 0. The molecule has 0 N–H and O–H groups in total. The van der Waals surface area contributed by atoms with Crippen molar-refractivity contribution in [3.8, 4) is 0 Å². The maximum Gasteiger partial charge on any atom is 0.187 e. The highest BCUT2D eigenvalue weighted by Gasteiger charge is 2.83. The first-order chi connectivity index (χ1) is 14.6. The van der Waals surface area contributed by atoms with E-state index in [9.17, 15) is 4.79 Å². The van der Waals surface area contributed by atoms with Crippen molar-refractivity contribution in [1.82, 2.24) is 0 Å². The SMILES string of the molecule is [2H]C([2H])([2H])[C@@H]1C[C@H]2[C@@H]3CCC4=CC(=O)C=C[C@]4(C)C3=CC[C@]2(C)C12OC2(C)O[Si](C)(C)C. The number of hydrogen-bond acceptors (Lipinski definition) is 3. The van der Waals surface area contributed by atoms with Crippen LogP contribution in [0.3, 0.4) is 0 Å². The molecule has 2 saturated carbocycles. The number of fused-ring (bicyclic) bond motifs is 6. The van der Waals surface area contributed by atoms with Gasteiger partial charge in [-0.2, -0.15) is 0 Å². The molecule has 0 radical (unpaired) electrons. The highest BCUT2D eigenvalue weighted by atomic mass is 28.4. The van der Waals surface area contributed by atoms with Crippen LogP contribution in [0.4, 0.5) is 0 Å². The van der Waals surface area contributed by atoms with Gasteiger partial charge in [0.05, 0.1) is 0 Å². The molecule has 2 unspecified atom stereocenters. The van der Waals surface area contributed by atoms with Gasteiger partial charge in [-0.1, -0.05) is 37.1 Å². The van der Waals surface area contributed by atoms with Crippen LogP contribution in [-0.4, -0.2) is 25.5 Å². The van der Waals surface area contributed by atoms with E-state index in [1.807, 2.05) is 13.0 Å². The van der Waals surface area contributed by atoms with Gasteiger partial charge >= 0.3 is 0 Å². The fourth-order valence-corrected chi connectivity index (χ4v) is 8.91. The smallest absolute Gasteiger partial charge is 0.187 e. The lowest BCUT2D eigenvalue weighted by molar-refractivity contribution is -0.110. The first-order valence-corrected chi connectivity index (χ1v) is 14.5. The molecule has 29 heavy (non-hydrogen) atoms. The normalized spacial score (nSPS) is 52.6. The lowest BCUT2D eigenvalue weighted by Crippen LogP contribution is -2.50. The summed E-state index contributed by atoms with van der Waals surface area (Å²) in [6, 6.07) is 0. The third-order valence-corrected chi connectivity index (χ3v) is 9.66. The van der Waals surface area contributed by atoms with Gasteiger partial charge in [0.15, 0.2) is 19.9 Å². The molecule has 5 aliphatic rings. The van der Waals surface area contributed by atoms with Gasteiger partial charge in [-0.25, -0.2) is 0 Å². The quantitative estimate of drug-likeness (QED) is 0.325. The van der Waals surface area contributed by atoms with E-state index in [2.05, 4.69) is 45.6 Å². The van der Waals surface area contributed by atoms with E-state index in [0.717, 1.165) is 19.3 Å². The van der Waals surface area contributed by atoms with Crippen molar-refractivity contribution in [2.45, 2.75) is 84.3 Å². The molecule has 0 aromatic carbocycles. The van der Waals surface area contributed by atoms with Crippen molar-refractivity contribution in [3.05, 3.63) is 35.5 Å². The third kappa shape index (κ3) is 2.40. The van der Waals surface area contributed by atoms with Crippen molar-refractivity contribution < 1.29 is 18.1 Å². The van der Waals surface area contributed by atoms with E-state index in [-0.39, 0.29) is 22.5 Å². The number of ketones is 1. The molecule has 0 bridgehead atoms. The molecule has 1 heterocycles. The van der Waals surface area contributed by atoms with Crippen LogP contribution in [-0.2, 0) is 14.0 Å². The Morgan fingerprint density at radius 2 is 2.03 bits per heavy atom. The summed E-state index contributed by atoms with van der Waals surface area (Å²) < 4.78 is 38.4. The van der Waals surface area contributed by atoms with Gasteiger partial charge in [-0.15, -0.1) is 0 Å². The lowest BCUT2D eigenvalue weighted by Gasteiger charge is -2.52. The first-order valence-electron chi connectivity index (χ1n) is 12.6. The van der Waals surface area contributed by atoms with Gasteiger partial charge in [0.1, 0.15) is 5.60 Å². The van der Waals surface area contributed by atoms with Crippen LogP contribution >= 0.6 is 0 Å². The van der Waals surface area contributed by atoms with Gasteiger partial charge in [-0.3, -0.25) is 4.79 Å². The summed E-state index contributed by atoms with van der Waals surface area (Å²) in [5, 5.41) is 0. The topological polar surface area (TPSA) is 38.8 Å². The number of rotatable bonds is 2. The fraction of sp³-hybridized carbons (Fsp3) is 0.720. The largest absolute Gasteiger partial charge is 0.389 e. The standard InChI is InChI=1S/C25H36O3Si/c1-16-14-21-19-9-8-17-15-18(26)10-12-22(17,2)20(19)11-13-23(21,3)25(16)24(4,27-25)28-29(5,6)7/h10-12,15-16,19,21H,8-9,13-14H2,1-7H3/t16-,19-,21+,22+,23+,24?,25?/m1/s1/i1D3. The van der Waals surface area contributed by atoms with Crippen molar-refractivity contribution in [3.63, 3.8) is 0 Å². The Hall–Kier alpha value is -0.973. The summed E-state index contributed by atoms with van der Waals surface area (Å²) in [6.07, 6.45) is 11.2. The number of hydrogen-bond donors (Lipinski definition) is 0. The van der Waals surface area contributed by atoms with Gasteiger partial charge in [0.2, 0.25) is 0 Å². The molecule has 0 amide bonds. The second-order valence-electron chi connectivity index (χ2n) is 11.4. The van der Waals surface area contributed by atoms with E-state index in [0.29, 0.717) is 12.3 Å². The second-order valence-corrected chi connectivity index (χ2v) is 15.9. The summed E-state index contributed by atoms with van der Waals surface area (Å²) in [6.45, 7) is 10.8. The Labute approximate surface area is 181 Å². The maximum atomic E-state index is 12.0. The molecule has 3 fully saturated rings. The minimum Gasteiger partial charge on any atom is -0.389 e. The minimum atomic E-state index is -2.10. The first kappa shape index (κ1) is 16.7. The summed E-state index contributed by atoms with van der Waals surface area (Å²) in [7, 11) is -1.95. The summed E-state index contributed by atoms with van der Waals surface area (Å²) in [5.74, 6) is -0.772. The molecule has 7 atom stereocenters. The number of allylic oxidation sites excluding steroid dienone is 6. The van der Waals surface area contributed by atoms with E-state index >= 15 is 0 Å². The fourth-order valence-electron chi connectivity index (χ4n) is 7.54. The molecule has 1 aliphatic heterocycles. The Balaban J connectivity index is 1.59. The summed E-state index contributed by atoms with van der Waals surface area (Å²) in [4.78, 5) is 12.0. The number of ether oxygens (including phenoxy) is 1. The molecule has 0 aromatic heterocycles. The van der Waals surface area contributed by atoms with Crippen LogP contribution in [0.1, 0.15) is 57.4 Å². The zero-order chi connectivity index (χ0) is 23.5. The molecule has 0 aromatic rings. The Bertz CT molecular complexity index is 976. The maximum absolute atomic E-state index is 12.0. The van der Waals surface area contributed by atoms with E-state index in [4.69, 9.17) is 13.3 Å². The number of epoxide rings is 1. The van der Waals surface area contributed by atoms with Crippen molar-refractivity contribution in [2.24, 2.45) is 28.6 Å². The van der Waals surface area contributed by atoms with Crippen LogP contribution < -0.4 is 0 Å². The van der Waals surface area contributed by atoms with Crippen LogP contribution in [0.15, 0.2) is 35.5 Å². The monoisotopic (exact) mass is 415 g/mol. The zero-order valence-electron chi connectivity index (χ0n) is 21.6. The molecule has 1 saturated heterocycles. The van der Waals surface area contributed by atoms with Gasteiger partial charge < -0.3 is 9.16 Å². The predicted molar refractivity (Wildman–Crippen MR) is 118 cm³/mol. The predicted octanol–water partition coefficient (Wildman–Crippen LogP) is 5.80. The van der Waals surface area contributed by atoms with Crippen LogP contribution in [0.25, 0.3) is 0 Å². The molecule has 158 valence electrons. The van der Waals surface area contributed by atoms with Crippen molar-refractivity contribution in [1.29, 1.82) is 0 Å². The molecular weight excluding hydrogens is 376 g/mol. The van der Waals surface area contributed by atoms with Crippen LogP contribution in [0, 0.1) is 28.6 Å². The van der Waals surface area contributed by atoms with Gasteiger partial charge in [-0.05, 0) is 89.1 Å². The van der Waals surface area contributed by atoms with Crippen molar-refractivity contribution in [2.75, 3.05) is 0 Å². The molecule has 1 spiro atoms. The highest BCUT2D eigenvalue weighted by molar-refractivity contribution is 6.69. The molecule has 5 rings (SSSR count). The van der Waals surface area contributed by atoms with Crippen LogP contribution in [0.5, 0.6) is 0 Å². The molecule has 3 nitrogen and oxygen atoms in total. The molecule has 4 heteroatoms. The Morgan fingerprint density at radius 3 is 2.72 bits per heavy atom. The number of carbonyl (C=O) groups is 1. The Morgan fingerprint density at radius 1 is 1.28 bits per heavy atom. The average Bonchev–Trinajstić information content (AvgIpc) is 3.12. The molecule has 4 aliphatic carbocycles. The lowest BCUT2D eigenvalue weighted by atomic mass is 9.52. The van der Waals surface area contributed by atoms with E-state index in [1.54, 1.807) is 6.08 Å². The number of carbonyl (C=O) groups excluding carboxylic acids is 1. The Kier molecular flexibility index (Phi) is 3.24. The average molecular weight is 416 g/mol. The van der Waals surface area contributed by atoms with Gasteiger partial charge in [0, 0.05) is 14.9 Å².